The molecule has 0 saturated carbocycles. The third kappa shape index (κ3) is 4.29. The van der Waals surface area contributed by atoms with Crippen molar-refractivity contribution in [2.75, 3.05) is 6.61 Å². The van der Waals surface area contributed by atoms with Crippen molar-refractivity contribution in [1.82, 2.24) is 9.47 Å². The van der Waals surface area contributed by atoms with Crippen LogP contribution in [-0.4, -0.2) is 51.0 Å². The quantitative estimate of drug-likeness (QED) is 0.334. The number of carboxylic acids is 1. The van der Waals surface area contributed by atoms with Gasteiger partial charge in [-0.25, -0.2) is 19.0 Å². The van der Waals surface area contributed by atoms with Crippen molar-refractivity contribution in [2.24, 2.45) is 0 Å². The Balaban J connectivity index is 1.32. The second-order valence-corrected chi connectivity index (χ2v) is 11.2. The Morgan fingerprint density at radius 2 is 1.48 bits per heavy atom. The maximum Gasteiger partial charge on any atom is 0.419 e. The predicted octanol–water partition coefficient (Wildman–Crippen LogP) is 6.18. The molecule has 0 radical (unpaired) electrons. The van der Waals surface area contributed by atoms with Gasteiger partial charge < -0.3 is 14.6 Å². The van der Waals surface area contributed by atoms with E-state index < -0.39 is 29.8 Å². The number of aromatic nitrogens is 1. The summed E-state index contributed by atoms with van der Waals surface area (Å²) in [5, 5.41) is 10.9. The van der Waals surface area contributed by atoms with Crippen molar-refractivity contribution in [3.8, 4) is 11.1 Å². The summed E-state index contributed by atoms with van der Waals surface area (Å²) in [5.41, 5.74) is 5.46. The highest BCUT2D eigenvalue weighted by atomic mass is 16.6. The zero-order valence-corrected chi connectivity index (χ0v) is 22.6. The number of ether oxygens (including phenoxy) is 2. The van der Waals surface area contributed by atoms with Crippen LogP contribution in [0.15, 0.2) is 72.8 Å². The van der Waals surface area contributed by atoms with Crippen LogP contribution < -0.4 is 0 Å². The molecule has 0 saturated heterocycles. The first-order valence-corrected chi connectivity index (χ1v) is 13.3. The number of para-hydroxylation sites is 1. The number of hydrogen-bond acceptors (Lipinski definition) is 5. The Morgan fingerprint density at radius 3 is 2.10 bits per heavy atom. The molecule has 1 N–H and O–H groups in total. The maximum atomic E-state index is 13.5. The van der Waals surface area contributed by atoms with Gasteiger partial charge >= 0.3 is 18.2 Å². The topological polar surface area (TPSA) is 98.1 Å². The molecule has 1 atom stereocenters. The normalized spacial score (nSPS) is 16.3. The number of carbonyl (C=O) groups is 3. The minimum absolute atomic E-state index is 0.0468. The minimum Gasteiger partial charge on any atom is -0.480 e. The Kier molecular flexibility index (Phi) is 6.13. The van der Waals surface area contributed by atoms with Gasteiger partial charge in [0.05, 0.1) is 17.8 Å². The molecule has 0 unspecified atom stereocenters. The number of fused-ring (bicyclic) bond motifs is 6. The number of amides is 1. The third-order valence-electron chi connectivity index (χ3n) is 7.61. The fraction of sp³-hybridized carbons (Fsp3) is 0.281. The van der Waals surface area contributed by atoms with Crippen molar-refractivity contribution >= 4 is 29.1 Å². The standard InChI is InChI=1S/C32H30N2O6/c1-32(2,3)40-31(38)34-26-15-9-8-14-23(26)24-16-27(29(35)36)33(17-28(24)34)30(37)39-18-25-21-12-6-4-10-19(21)20-11-5-7-13-22(20)25/h4-15,25,27H,16-18H2,1-3H3,(H,35,36)/t27-/m0/s1. The van der Waals surface area contributed by atoms with E-state index in [0.717, 1.165) is 33.2 Å². The van der Waals surface area contributed by atoms with E-state index in [9.17, 15) is 19.5 Å². The molecule has 0 fully saturated rings. The van der Waals surface area contributed by atoms with Crippen molar-refractivity contribution in [3.05, 3.63) is 95.2 Å². The highest BCUT2D eigenvalue weighted by Crippen LogP contribution is 2.44. The third-order valence-corrected chi connectivity index (χ3v) is 7.61. The summed E-state index contributed by atoms with van der Waals surface area (Å²) in [6.07, 6.45) is -1.27. The molecule has 1 aliphatic heterocycles. The van der Waals surface area contributed by atoms with Crippen molar-refractivity contribution in [2.45, 2.75) is 51.3 Å². The number of carboxylic acid groups (broad SMARTS) is 1. The van der Waals surface area contributed by atoms with Gasteiger partial charge in [0.1, 0.15) is 18.2 Å². The molecular formula is C32H30N2O6. The molecule has 8 nitrogen and oxygen atoms in total. The van der Waals surface area contributed by atoms with E-state index in [4.69, 9.17) is 9.47 Å². The lowest BCUT2D eigenvalue weighted by atomic mass is 9.97. The Labute approximate surface area is 231 Å². The van der Waals surface area contributed by atoms with E-state index in [2.05, 4.69) is 12.1 Å². The zero-order valence-electron chi connectivity index (χ0n) is 22.6. The van der Waals surface area contributed by atoms with E-state index >= 15 is 0 Å². The lowest BCUT2D eigenvalue weighted by molar-refractivity contribution is -0.143. The number of rotatable bonds is 3. The van der Waals surface area contributed by atoms with Crippen LogP contribution in [0.3, 0.4) is 0 Å². The maximum absolute atomic E-state index is 13.5. The number of carbonyl (C=O) groups excluding carboxylic acids is 2. The SMILES string of the molecule is CC(C)(C)OC(=O)n1c2c(c3ccccc31)C[C@@H](C(=O)O)N(C(=O)OCC1c3ccccc3-c3ccccc31)C2. The summed E-state index contributed by atoms with van der Waals surface area (Å²) in [4.78, 5) is 40.5. The van der Waals surface area contributed by atoms with Crippen LogP contribution in [-0.2, 0) is 27.2 Å². The second-order valence-electron chi connectivity index (χ2n) is 11.2. The van der Waals surface area contributed by atoms with Gasteiger partial charge in [0.15, 0.2) is 0 Å². The van der Waals surface area contributed by atoms with Gasteiger partial charge in [-0.1, -0.05) is 66.7 Å². The lowest BCUT2D eigenvalue weighted by Crippen LogP contribution is -2.49. The first-order valence-electron chi connectivity index (χ1n) is 13.3. The van der Waals surface area contributed by atoms with Gasteiger partial charge in [-0.3, -0.25) is 4.90 Å². The molecule has 2 heterocycles. The Hall–Kier alpha value is -4.59. The fourth-order valence-electron chi connectivity index (χ4n) is 5.93. The average Bonchev–Trinajstić information content (AvgIpc) is 3.42. The summed E-state index contributed by atoms with van der Waals surface area (Å²) in [6.45, 7) is 5.32. The highest BCUT2D eigenvalue weighted by Gasteiger charge is 2.40. The number of nitrogens with zero attached hydrogens (tertiary/aromatic N) is 2. The summed E-state index contributed by atoms with van der Waals surface area (Å²) >= 11 is 0. The molecule has 2 aliphatic rings. The largest absolute Gasteiger partial charge is 0.480 e. The molecule has 204 valence electrons. The van der Waals surface area contributed by atoms with E-state index in [0.29, 0.717) is 11.2 Å². The van der Waals surface area contributed by atoms with Gasteiger partial charge in [0.2, 0.25) is 0 Å². The van der Waals surface area contributed by atoms with Crippen LogP contribution in [0, 0.1) is 0 Å². The van der Waals surface area contributed by atoms with Crippen LogP contribution in [0.25, 0.3) is 22.0 Å². The fourth-order valence-corrected chi connectivity index (χ4v) is 5.93. The van der Waals surface area contributed by atoms with Crippen molar-refractivity contribution in [3.63, 3.8) is 0 Å². The summed E-state index contributed by atoms with van der Waals surface area (Å²) in [5.74, 6) is -1.29. The Bertz CT molecular complexity index is 1620. The van der Waals surface area contributed by atoms with Crippen molar-refractivity contribution < 1.29 is 29.0 Å². The van der Waals surface area contributed by atoms with E-state index in [1.807, 2.05) is 54.6 Å². The lowest BCUT2D eigenvalue weighted by Gasteiger charge is -2.33. The van der Waals surface area contributed by atoms with Gasteiger partial charge in [-0.15, -0.1) is 0 Å². The van der Waals surface area contributed by atoms with Crippen LogP contribution in [0.4, 0.5) is 9.59 Å². The molecule has 1 amide bonds. The minimum atomic E-state index is -1.14. The second kappa shape index (κ2) is 9.55. The first kappa shape index (κ1) is 25.7. The smallest absolute Gasteiger partial charge is 0.419 e. The monoisotopic (exact) mass is 538 g/mol. The highest BCUT2D eigenvalue weighted by molar-refractivity contribution is 5.95. The van der Waals surface area contributed by atoms with Gasteiger partial charge in [0, 0.05) is 17.7 Å². The number of hydrogen-bond donors (Lipinski definition) is 1. The number of benzene rings is 3. The molecular weight excluding hydrogens is 508 g/mol. The van der Waals surface area contributed by atoms with Crippen molar-refractivity contribution in [1.29, 1.82) is 0 Å². The van der Waals surface area contributed by atoms with Gasteiger partial charge in [-0.05, 0) is 54.7 Å². The molecule has 3 aromatic carbocycles. The summed E-state index contributed by atoms with van der Waals surface area (Å²) < 4.78 is 13.0. The molecule has 1 aromatic heterocycles. The van der Waals surface area contributed by atoms with E-state index in [1.54, 1.807) is 26.8 Å². The van der Waals surface area contributed by atoms with Crippen LogP contribution in [0.2, 0.25) is 0 Å². The van der Waals surface area contributed by atoms with Crippen LogP contribution >= 0.6 is 0 Å². The average molecular weight is 539 g/mol. The van der Waals surface area contributed by atoms with Crippen LogP contribution in [0.1, 0.15) is 49.1 Å². The van der Waals surface area contributed by atoms with E-state index in [-0.39, 0.29) is 25.5 Å². The molecule has 0 spiro atoms. The van der Waals surface area contributed by atoms with Crippen LogP contribution in [0.5, 0.6) is 0 Å². The molecule has 8 heteroatoms. The zero-order chi connectivity index (χ0) is 28.2. The predicted molar refractivity (Wildman–Crippen MR) is 149 cm³/mol. The summed E-state index contributed by atoms with van der Waals surface area (Å²) in [6, 6.07) is 22.2. The number of aliphatic carboxylic acids is 1. The van der Waals surface area contributed by atoms with E-state index in [1.165, 1.54) is 9.47 Å². The Morgan fingerprint density at radius 1 is 0.875 bits per heavy atom. The molecule has 4 aromatic rings. The molecule has 0 bridgehead atoms. The van der Waals surface area contributed by atoms with Gasteiger partial charge in [0.25, 0.3) is 0 Å². The van der Waals surface area contributed by atoms with Gasteiger partial charge in [-0.2, -0.15) is 0 Å². The molecule has 40 heavy (non-hydrogen) atoms. The molecule has 1 aliphatic carbocycles. The first-order chi connectivity index (χ1) is 19.1. The molecule has 6 rings (SSSR count). The summed E-state index contributed by atoms with van der Waals surface area (Å²) in [7, 11) is 0.